The van der Waals surface area contributed by atoms with Crippen LogP contribution in [0.2, 0.25) is 0 Å². The van der Waals surface area contributed by atoms with E-state index < -0.39 is 115 Å². The van der Waals surface area contributed by atoms with Crippen LogP contribution in [0, 0.1) is 0 Å². The van der Waals surface area contributed by atoms with Crippen LogP contribution in [0.15, 0.2) is 30.3 Å². The number of benzene rings is 1. The molecule has 55 heavy (non-hydrogen) atoms. The summed E-state index contributed by atoms with van der Waals surface area (Å²) in [6.07, 6.45) is -11.1. The van der Waals surface area contributed by atoms with Gasteiger partial charge in [0.25, 0.3) is 5.79 Å². The third kappa shape index (κ3) is 13.0. The number of hydrogen-bond donors (Lipinski definition) is 1. The summed E-state index contributed by atoms with van der Waals surface area (Å²) >= 11 is 0. The Hall–Kier alpha value is -5.63. The topological polar surface area (TPSA) is 252 Å². The molecular formula is C35H46N2O18. The standard InChI is InChI=1S/C35H46N2O18/c1-18(28(32(44)47-8)36-34(46)50-16-25-13-11-10-12-14-25)54-35(33(45)48-9)15-26(51-22(5)41)29(37(19(2)38)20(3)39)31(55-35)30(53-24(7)43)27(52-23(6)42)17-49-21(4)40/h10-14,18,26-31H,15-17H2,1-9H3,(H,36,46)/t18-,26+,27-,28+,29-,30-,31-,35+/m1/s1. The van der Waals surface area contributed by atoms with Gasteiger partial charge in [0.2, 0.25) is 11.8 Å². The number of rotatable bonds is 16. The SMILES string of the molecule is COC(=O)[C@@H](NC(=O)OCc1ccccc1)[C@@H](C)O[C@@]1(C(=O)OC)C[C@H](OC(C)=O)[C@@H](N(C(C)=O)C(C)=O)[C@H]([C@H](OC(C)=O)[C@@H](COC(C)=O)OC(C)=O)O1. The molecule has 1 aliphatic heterocycles. The second-order valence-electron chi connectivity index (χ2n) is 12.1. The smallest absolute Gasteiger partial charge is 0.408 e. The molecule has 1 aromatic carbocycles. The summed E-state index contributed by atoms with van der Waals surface area (Å²) in [5, 5.41) is 2.30. The van der Waals surface area contributed by atoms with E-state index in [9.17, 15) is 43.2 Å². The van der Waals surface area contributed by atoms with Crippen molar-refractivity contribution in [2.45, 2.75) is 110 Å². The number of amides is 3. The summed E-state index contributed by atoms with van der Waals surface area (Å²) in [4.78, 5) is 116. The maximum absolute atomic E-state index is 13.8. The van der Waals surface area contributed by atoms with E-state index in [1.54, 1.807) is 30.3 Å². The van der Waals surface area contributed by atoms with Crippen molar-refractivity contribution >= 4 is 53.7 Å². The van der Waals surface area contributed by atoms with Crippen LogP contribution in [-0.2, 0) is 87.6 Å². The highest BCUT2D eigenvalue weighted by Crippen LogP contribution is 2.40. The van der Waals surface area contributed by atoms with Gasteiger partial charge in [0.15, 0.2) is 18.2 Å². The van der Waals surface area contributed by atoms with Gasteiger partial charge in [-0.1, -0.05) is 30.3 Å². The van der Waals surface area contributed by atoms with Crippen LogP contribution < -0.4 is 5.32 Å². The molecule has 20 nitrogen and oxygen atoms in total. The number of alkyl carbamates (subject to hydrolysis) is 1. The van der Waals surface area contributed by atoms with E-state index in [2.05, 4.69) is 5.32 Å². The minimum atomic E-state index is -2.79. The van der Waals surface area contributed by atoms with Crippen LogP contribution in [0.1, 0.15) is 60.5 Å². The van der Waals surface area contributed by atoms with Gasteiger partial charge in [-0.3, -0.25) is 33.7 Å². The van der Waals surface area contributed by atoms with Gasteiger partial charge in [-0.2, -0.15) is 0 Å². The number of imide groups is 1. The zero-order chi connectivity index (χ0) is 41.6. The number of carbonyl (C=O) groups excluding carboxylic acids is 9. The fraction of sp³-hybridized carbons (Fsp3) is 0.571. The first kappa shape index (κ1) is 45.5. The fourth-order valence-corrected chi connectivity index (χ4v) is 5.80. The summed E-state index contributed by atoms with van der Waals surface area (Å²) in [6, 6.07) is 5.05. The van der Waals surface area contributed by atoms with Crippen molar-refractivity contribution in [3.05, 3.63) is 35.9 Å². The fourth-order valence-electron chi connectivity index (χ4n) is 5.80. The Morgan fingerprint density at radius 1 is 0.818 bits per heavy atom. The van der Waals surface area contributed by atoms with Gasteiger partial charge in [0.1, 0.15) is 31.5 Å². The van der Waals surface area contributed by atoms with Crippen molar-refractivity contribution in [3.8, 4) is 0 Å². The van der Waals surface area contributed by atoms with E-state index in [0.717, 1.165) is 55.8 Å². The summed E-state index contributed by atoms with van der Waals surface area (Å²) in [5.41, 5.74) is 0.613. The molecule has 1 N–H and O–H groups in total. The van der Waals surface area contributed by atoms with Gasteiger partial charge in [-0.05, 0) is 12.5 Å². The highest BCUT2D eigenvalue weighted by Gasteiger charge is 2.62. The minimum Gasteiger partial charge on any atom is -0.467 e. The molecule has 1 saturated heterocycles. The van der Waals surface area contributed by atoms with Crippen LogP contribution in [0.3, 0.4) is 0 Å². The minimum absolute atomic E-state index is 0.199. The number of methoxy groups -OCH3 is 2. The second-order valence-corrected chi connectivity index (χ2v) is 12.1. The molecular weight excluding hydrogens is 736 g/mol. The van der Waals surface area contributed by atoms with Gasteiger partial charge >= 0.3 is 41.9 Å². The van der Waals surface area contributed by atoms with Crippen molar-refractivity contribution in [2.24, 2.45) is 0 Å². The first-order valence-electron chi connectivity index (χ1n) is 16.7. The third-order valence-electron chi connectivity index (χ3n) is 7.85. The first-order chi connectivity index (χ1) is 25.8. The number of esters is 6. The maximum Gasteiger partial charge on any atom is 0.408 e. The number of carbonyl (C=O) groups is 9. The Morgan fingerprint density at radius 2 is 1.42 bits per heavy atom. The molecule has 0 saturated carbocycles. The molecule has 0 bridgehead atoms. The van der Waals surface area contributed by atoms with E-state index in [-0.39, 0.29) is 6.61 Å². The van der Waals surface area contributed by atoms with E-state index in [4.69, 9.17) is 42.6 Å². The lowest BCUT2D eigenvalue weighted by Crippen LogP contribution is -2.71. The average molecular weight is 783 g/mol. The highest BCUT2D eigenvalue weighted by atomic mass is 16.7. The number of nitrogens with zero attached hydrogens (tertiary/aromatic N) is 1. The molecule has 0 radical (unpaired) electrons. The predicted molar refractivity (Wildman–Crippen MR) is 181 cm³/mol. The maximum atomic E-state index is 13.8. The number of ether oxygens (including phenoxy) is 9. The molecule has 2 rings (SSSR count). The summed E-state index contributed by atoms with van der Waals surface area (Å²) < 4.78 is 49.0. The summed E-state index contributed by atoms with van der Waals surface area (Å²) in [6.45, 7) is 6.10. The molecule has 8 atom stereocenters. The number of nitrogens with one attached hydrogen (secondary N) is 1. The molecule has 1 aromatic rings. The first-order valence-corrected chi connectivity index (χ1v) is 16.7. The normalized spacial score (nSPS) is 21.1. The molecule has 1 aliphatic rings. The van der Waals surface area contributed by atoms with Gasteiger partial charge in [-0.15, -0.1) is 0 Å². The van der Waals surface area contributed by atoms with E-state index in [0.29, 0.717) is 10.5 Å². The number of hydrogen-bond acceptors (Lipinski definition) is 18. The Bertz CT molecular complexity index is 1570. The van der Waals surface area contributed by atoms with Crippen LogP contribution in [0.4, 0.5) is 4.79 Å². The quantitative estimate of drug-likeness (QED) is 0.178. The molecule has 0 unspecified atom stereocenters. The van der Waals surface area contributed by atoms with E-state index >= 15 is 0 Å². The molecule has 304 valence electrons. The van der Waals surface area contributed by atoms with Crippen LogP contribution in [-0.4, -0.2) is 128 Å². The molecule has 3 amide bonds. The van der Waals surface area contributed by atoms with Gasteiger partial charge < -0.3 is 47.9 Å². The zero-order valence-electron chi connectivity index (χ0n) is 31.8. The Kier molecular flexibility index (Phi) is 17.2. The van der Waals surface area contributed by atoms with Crippen LogP contribution in [0.5, 0.6) is 0 Å². The van der Waals surface area contributed by atoms with Gasteiger partial charge in [0.05, 0.1) is 26.7 Å². The summed E-state index contributed by atoms with van der Waals surface area (Å²) in [5.74, 6) is -11.0. The predicted octanol–water partition coefficient (Wildman–Crippen LogP) is 0.640. The molecule has 0 aromatic heterocycles. The molecule has 20 heteroatoms. The average Bonchev–Trinajstić information content (AvgIpc) is 3.10. The highest BCUT2D eigenvalue weighted by molar-refractivity contribution is 5.93. The Labute approximate surface area is 316 Å². The van der Waals surface area contributed by atoms with Gasteiger partial charge in [0, 0.05) is 41.5 Å². The molecule has 0 spiro atoms. The lowest BCUT2D eigenvalue weighted by molar-refractivity contribution is -0.330. The second kappa shape index (κ2) is 20.7. The Balaban J connectivity index is 2.83. The van der Waals surface area contributed by atoms with Crippen molar-refractivity contribution in [2.75, 3.05) is 20.8 Å². The lowest BCUT2D eigenvalue weighted by atomic mass is 9.86. The van der Waals surface area contributed by atoms with Crippen molar-refractivity contribution in [3.63, 3.8) is 0 Å². The van der Waals surface area contributed by atoms with Crippen molar-refractivity contribution in [1.82, 2.24) is 10.2 Å². The lowest BCUT2D eigenvalue weighted by Gasteiger charge is -2.51. The van der Waals surface area contributed by atoms with Crippen LogP contribution >= 0.6 is 0 Å². The Morgan fingerprint density at radius 3 is 1.91 bits per heavy atom. The molecule has 0 aliphatic carbocycles. The summed E-state index contributed by atoms with van der Waals surface area (Å²) in [7, 11) is 1.92. The molecule has 1 fully saturated rings. The van der Waals surface area contributed by atoms with Gasteiger partial charge in [-0.25, -0.2) is 14.4 Å². The molecule has 1 heterocycles. The third-order valence-corrected chi connectivity index (χ3v) is 7.85. The van der Waals surface area contributed by atoms with Crippen molar-refractivity contribution < 1.29 is 85.8 Å². The monoisotopic (exact) mass is 782 g/mol. The van der Waals surface area contributed by atoms with E-state index in [1.807, 2.05) is 0 Å². The zero-order valence-corrected chi connectivity index (χ0v) is 31.8. The van der Waals surface area contributed by atoms with Crippen molar-refractivity contribution in [1.29, 1.82) is 0 Å². The van der Waals surface area contributed by atoms with Crippen LogP contribution in [0.25, 0.3) is 0 Å². The van der Waals surface area contributed by atoms with E-state index in [1.165, 1.54) is 6.92 Å². The largest absolute Gasteiger partial charge is 0.467 e.